The lowest BCUT2D eigenvalue weighted by atomic mass is 10.1. The molecule has 0 aliphatic carbocycles. The van der Waals surface area contributed by atoms with Crippen molar-refractivity contribution in [1.82, 2.24) is 9.88 Å². The number of methoxy groups -OCH3 is 1. The van der Waals surface area contributed by atoms with E-state index in [1.165, 1.54) is 7.11 Å². The summed E-state index contributed by atoms with van der Waals surface area (Å²) in [6, 6.07) is 12.7. The number of aryl methyl sites for hydroxylation is 1. The number of fused-ring (bicyclic) bond motifs is 1. The molecule has 0 aliphatic heterocycles. The minimum absolute atomic E-state index is 0.267. The number of carbonyl (C=O) groups is 2. The molecule has 0 fully saturated rings. The molecule has 1 atom stereocenters. The third-order valence-electron chi connectivity index (χ3n) is 4.15. The summed E-state index contributed by atoms with van der Waals surface area (Å²) in [4.78, 5) is 24.9. The molecule has 3 rings (SSSR count). The maximum Gasteiger partial charge on any atom is 0.328 e. The van der Waals surface area contributed by atoms with Gasteiger partial charge in [0.1, 0.15) is 11.7 Å². The Hall–Kier alpha value is -2.60. The summed E-state index contributed by atoms with van der Waals surface area (Å²) < 4.78 is 7.88. The first kappa shape index (κ1) is 17.2. The Morgan fingerprint density at radius 1 is 1.24 bits per heavy atom. The number of esters is 1. The monoisotopic (exact) mass is 356 g/mol. The van der Waals surface area contributed by atoms with Crippen molar-refractivity contribution in [3.63, 3.8) is 0 Å². The van der Waals surface area contributed by atoms with Gasteiger partial charge in [-0.05, 0) is 30.0 Å². The van der Waals surface area contributed by atoms with E-state index in [1.807, 2.05) is 59.3 Å². The van der Waals surface area contributed by atoms with Crippen LogP contribution in [-0.4, -0.2) is 29.6 Å². The number of carbonyl (C=O) groups excluding carboxylic acids is 2. The molecule has 0 saturated carbocycles. The molecule has 0 bridgehead atoms. The number of benzene rings is 1. The molecule has 0 aliphatic rings. The van der Waals surface area contributed by atoms with Crippen molar-refractivity contribution in [2.75, 3.05) is 7.11 Å². The Morgan fingerprint density at radius 3 is 2.68 bits per heavy atom. The first-order valence-electron chi connectivity index (χ1n) is 8.13. The highest BCUT2D eigenvalue weighted by molar-refractivity contribution is 7.17. The Labute approximate surface area is 150 Å². The van der Waals surface area contributed by atoms with E-state index in [0.717, 1.165) is 15.8 Å². The van der Waals surface area contributed by atoms with Gasteiger partial charge in [-0.15, -0.1) is 11.3 Å². The molecule has 1 amide bonds. The molecule has 0 saturated heterocycles. The van der Waals surface area contributed by atoms with Crippen molar-refractivity contribution in [3.05, 3.63) is 59.1 Å². The molecular formula is C19H20N2O3S. The molecule has 2 heterocycles. The van der Waals surface area contributed by atoms with Crippen LogP contribution in [0.3, 0.4) is 0 Å². The molecule has 130 valence electrons. The standard InChI is InChI=1S/C19H20N2O3S/c1-3-21-15-9-10-25-17(15)12-16(21)18(22)20-14(19(23)24-2)11-13-7-5-4-6-8-13/h4-10,12,14H,3,11H2,1-2H3,(H,20,22). The van der Waals surface area contributed by atoms with Gasteiger partial charge < -0.3 is 14.6 Å². The summed E-state index contributed by atoms with van der Waals surface area (Å²) in [6.07, 6.45) is 0.389. The fourth-order valence-corrected chi connectivity index (χ4v) is 3.75. The summed E-state index contributed by atoms with van der Waals surface area (Å²) in [5.41, 5.74) is 2.56. The number of hydrogen-bond donors (Lipinski definition) is 1. The highest BCUT2D eigenvalue weighted by Crippen LogP contribution is 2.25. The number of nitrogens with one attached hydrogen (secondary N) is 1. The number of rotatable bonds is 6. The van der Waals surface area contributed by atoms with E-state index in [0.29, 0.717) is 18.7 Å². The molecule has 6 heteroatoms. The van der Waals surface area contributed by atoms with E-state index in [-0.39, 0.29) is 5.91 Å². The predicted molar refractivity (Wildman–Crippen MR) is 98.9 cm³/mol. The Morgan fingerprint density at radius 2 is 2.00 bits per heavy atom. The highest BCUT2D eigenvalue weighted by Gasteiger charge is 2.24. The van der Waals surface area contributed by atoms with Crippen LogP contribution >= 0.6 is 11.3 Å². The lowest BCUT2D eigenvalue weighted by Crippen LogP contribution is -2.43. The normalized spacial score (nSPS) is 12.1. The molecule has 1 aromatic carbocycles. The maximum atomic E-state index is 12.8. The molecule has 0 spiro atoms. The van der Waals surface area contributed by atoms with Gasteiger partial charge in [-0.2, -0.15) is 0 Å². The zero-order valence-corrected chi connectivity index (χ0v) is 15.0. The second-order valence-electron chi connectivity index (χ2n) is 5.68. The fraction of sp³-hybridized carbons (Fsp3) is 0.263. The number of nitrogens with zero attached hydrogens (tertiary/aromatic N) is 1. The van der Waals surface area contributed by atoms with Crippen LogP contribution in [0.1, 0.15) is 23.0 Å². The number of hydrogen-bond acceptors (Lipinski definition) is 4. The van der Waals surface area contributed by atoms with Gasteiger partial charge in [-0.1, -0.05) is 30.3 Å². The van der Waals surface area contributed by atoms with Crippen LogP contribution in [0.2, 0.25) is 0 Å². The smallest absolute Gasteiger partial charge is 0.328 e. The number of thiophene rings is 1. The van der Waals surface area contributed by atoms with Crippen LogP contribution < -0.4 is 5.32 Å². The van der Waals surface area contributed by atoms with E-state index in [4.69, 9.17) is 4.74 Å². The van der Waals surface area contributed by atoms with Crippen LogP contribution in [0.25, 0.3) is 10.2 Å². The Kier molecular flexibility index (Phi) is 5.19. The van der Waals surface area contributed by atoms with E-state index < -0.39 is 12.0 Å². The van der Waals surface area contributed by atoms with E-state index in [1.54, 1.807) is 11.3 Å². The first-order chi connectivity index (χ1) is 12.1. The third-order valence-corrected chi connectivity index (χ3v) is 5.00. The van der Waals surface area contributed by atoms with Gasteiger partial charge in [0, 0.05) is 13.0 Å². The molecule has 1 unspecified atom stereocenters. The third kappa shape index (κ3) is 3.58. The SMILES string of the molecule is CCn1c(C(=O)NC(Cc2ccccc2)C(=O)OC)cc2sccc21. The van der Waals surface area contributed by atoms with Gasteiger partial charge in [0.25, 0.3) is 5.91 Å². The Bertz CT molecular complexity index is 883. The Balaban J connectivity index is 1.83. The van der Waals surface area contributed by atoms with E-state index >= 15 is 0 Å². The van der Waals surface area contributed by atoms with E-state index in [2.05, 4.69) is 5.32 Å². The molecular weight excluding hydrogens is 336 g/mol. The minimum Gasteiger partial charge on any atom is -0.467 e. The summed E-state index contributed by atoms with van der Waals surface area (Å²) in [5.74, 6) is -0.717. The average Bonchev–Trinajstić information content (AvgIpc) is 3.22. The van der Waals surface area contributed by atoms with Gasteiger partial charge in [-0.3, -0.25) is 4.79 Å². The van der Waals surface area contributed by atoms with Crippen molar-refractivity contribution in [3.8, 4) is 0 Å². The molecule has 2 aromatic heterocycles. The van der Waals surface area contributed by atoms with Crippen molar-refractivity contribution >= 4 is 33.4 Å². The van der Waals surface area contributed by atoms with Crippen LogP contribution in [0.15, 0.2) is 47.8 Å². The van der Waals surface area contributed by atoms with Gasteiger partial charge in [0.2, 0.25) is 0 Å². The largest absolute Gasteiger partial charge is 0.467 e. The maximum absolute atomic E-state index is 12.8. The van der Waals surface area contributed by atoms with Crippen molar-refractivity contribution in [2.45, 2.75) is 25.9 Å². The zero-order chi connectivity index (χ0) is 17.8. The topological polar surface area (TPSA) is 60.3 Å². The summed E-state index contributed by atoms with van der Waals surface area (Å²) in [6.45, 7) is 2.68. The summed E-state index contributed by atoms with van der Waals surface area (Å²) in [7, 11) is 1.33. The molecule has 3 aromatic rings. The molecule has 5 nitrogen and oxygen atoms in total. The average molecular weight is 356 g/mol. The van der Waals surface area contributed by atoms with Gasteiger partial charge in [-0.25, -0.2) is 4.79 Å². The number of amides is 1. The summed E-state index contributed by atoms with van der Waals surface area (Å²) >= 11 is 1.59. The van der Waals surface area contributed by atoms with Crippen LogP contribution in [0, 0.1) is 0 Å². The van der Waals surface area contributed by atoms with Crippen LogP contribution in [0.4, 0.5) is 0 Å². The quantitative estimate of drug-likeness (QED) is 0.690. The highest BCUT2D eigenvalue weighted by atomic mass is 32.1. The second-order valence-corrected chi connectivity index (χ2v) is 6.63. The second kappa shape index (κ2) is 7.53. The lowest BCUT2D eigenvalue weighted by Gasteiger charge is -2.17. The minimum atomic E-state index is -0.724. The van der Waals surface area contributed by atoms with Gasteiger partial charge >= 0.3 is 5.97 Å². The van der Waals surface area contributed by atoms with Crippen LogP contribution in [0.5, 0.6) is 0 Å². The molecule has 25 heavy (non-hydrogen) atoms. The fourth-order valence-electron chi connectivity index (χ4n) is 2.92. The van der Waals surface area contributed by atoms with E-state index in [9.17, 15) is 9.59 Å². The van der Waals surface area contributed by atoms with Crippen LogP contribution in [-0.2, 0) is 22.5 Å². The molecule has 1 N–H and O–H groups in total. The molecule has 0 radical (unpaired) electrons. The summed E-state index contributed by atoms with van der Waals surface area (Å²) in [5, 5.41) is 4.83. The van der Waals surface area contributed by atoms with Crippen molar-refractivity contribution < 1.29 is 14.3 Å². The first-order valence-corrected chi connectivity index (χ1v) is 9.01. The van der Waals surface area contributed by atoms with Crippen molar-refractivity contribution in [1.29, 1.82) is 0 Å². The number of aromatic nitrogens is 1. The number of ether oxygens (including phenoxy) is 1. The van der Waals surface area contributed by atoms with Crippen molar-refractivity contribution in [2.24, 2.45) is 0 Å². The zero-order valence-electron chi connectivity index (χ0n) is 14.2. The van der Waals surface area contributed by atoms with Gasteiger partial charge in [0.05, 0.1) is 17.3 Å². The van der Waals surface area contributed by atoms with Gasteiger partial charge in [0.15, 0.2) is 0 Å². The predicted octanol–water partition coefficient (Wildman–Crippen LogP) is 3.24. The lowest BCUT2D eigenvalue weighted by molar-refractivity contribution is -0.142.